The Morgan fingerprint density at radius 3 is 2.62 bits per heavy atom. The Hall–Kier alpha value is -1.14. The Labute approximate surface area is 95.1 Å². The average Bonchev–Trinajstić information content (AvgIpc) is 2.25. The van der Waals surface area contributed by atoms with Gasteiger partial charge in [0.1, 0.15) is 6.04 Å². The molecule has 1 aliphatic heterocycles. The minimum absolute atomic E-state index is 0.224. The predicted molar refractivity (Wildman–Crippen MR) is 58.7 cm³/mol. The predicted octanol–water partition coefficient (Wildman–Crippen LogP) is -1.30. The molecule has 3 N–H and O–H groups in total. The van der Waals surface area contributed by atoms with Gasteiger partial charge in [-0.25, -0.2) is 0 Å². The Kier molecular flexibility index (Phi) is 3.88. The summed E-state index contributed by atoms with van der Waals surface area (Å²) in [4.78, 5) is 25.1. The van der Waals surface area contributed by atoms with Gasteiger partial charge in [-0.2, -0.15) is 0 Å². The summed E-state index contributed by atoms with van der Waals surface area (Å²) in [5, 5.41) is 2.52. The number of carbonyl (C=O) groups is 2. The fourth-order valence-corrected chi connectivity index (χ4v) is 1.60. The molecule has 6 nitrogen and oxygen atoms in total. The molecule has 0 spiro atoms. The van der Waals surface area contributed by atoms with Crippen molar-refractivity contribution in [3.63, 3.8) is 0 Å². The van der Waals surface area contributed by atoms with E-state index in [2.05, 4.69) is 5.32 Å². The number of rotatable bonds is 2. The van der Waals surface area contributed by atoms with Crippen LogP contribution in [0.3, 0.4) is 0 Å². The van der Waals surface area contributed by atoms with Gasteiger partial charge in [0.15, 0.2) is 0 Å². The highest BCUT2D eigenvalue weighted by Gasteiger charge is 2.37. The Bertz CT molecular complexity index is 286. The van der Waals surface area contributed by atoms with E-state index >= 15 is 0 Å². The molecule has 0 aromatic heterocycles. The molecule has 1 fully saturated rings. The lowest BCUT2D eigenvalue weighted by Gasteiger charge is -2.37. The van der Waals surface area contributed by atoms with Crippen LogP contribution in [0.1, 0.15) is 13.8 Å². The molecule has 1 atom stereocenters. The summed E-state index contributed by atoms with van der Waals surface area (Å²) in [7, 11) is 1.53. The molecule has 0 aromatic rings. The largest absolute Gasteiger partial charge is 0.377 e. The van der Waals surface area contributed by atoms with Crippen molar-refractivity contribution in [1.29, 1.82) is 0 Å². The average molecular weight is 229 g/mol. The number of nitrogens with one attached hydrogen (secondary N) is 1. The van der Waals surface area contributed by atoms with E-state index in [9.17, 15) is 9.59 Å². The van der Waals surface area contributed by atoms with Gasteiger partial charge in [-0.3, -0.25) is 9.59 Å². The van der Waals surface area contributed by atoms with Crippen LogP contribution in [-0.2, 0) is 14.3 Å². The molecule has 1 heterocycles. The molecule has 0 saturated carbocycles. The van der Waals surface area contributed by atoms with E-state index in [-0.39, 0.29) is 18.4 Å². The molecule has 1 aliphatic rings. The second-order valence-electron chi connectivity index (χ2n) is 4.43. The molecule has 1 unspecified atom stereocenters. The monoisotopic (exact) mass is 229 g/mol. The molecular formula is C10H19N3O3. The molecule has 0 aliphatic carbocycles. The zero-order valence-electron chi connectivity index (χ0n) is 9.95. The Morgan fingerprint density at radius 2 is 2.12 bits per heavy atom. The van der Waals surface area contributed by atoms with Crippen molar-refractivity contribution in [2.45, 2.75) is 25.4 Å². The van der Waals surface area contributed by atoms with Crippen molar-refractivity contribution >= 4 is 11.8 Å². The summed E-state index contributed by atoms with van der Waals surface area (Å²) in [6.45, 7) is 4.33. The maximum atomic E-state index is 12.0. The zero-order valence-corrected chi connectivity index (χ0v) is 9.95. The van der Waals surface area contributed by atoms with E-state index in [1.165, 1.54) is 11.9 Å². The zero-order chi connectivity index (χ0) is 12.3. The number of hydrogen-bond donors (Lipinski definition) is 2. The van der Waals surface area contributed by atoms with Gasteiger partial charge in [-0.1, -0.05) is 0 Å². The second kappa shape index (κ2) is 4.80. The van der Waals surface area contributed by atoms with Crippen LogP contribution in [0.15, 0.2) is 0 Å². The minimum Gasteiger partial charge on any atom is -0.377 e. The van der Waals surface area contributed by atoms with Crippen molar-refractivity contribution in [2.24, 2.45) is 5.73 Å². The first-order valence-electron chi connectivity index (χ1n) is 5.27. The van der Waals surface area contributed by atoms with E-state index in [0.717, 1.165) is 0 Å². The third-order valence-corrected chi connectivity index (χ3v) is 2.49. The molecule has 0 aromatic carbocycles. The number of carbonyl (C=O) groups excluding carboxylic acids is 2. The Balaban J connectivity index is 2.82. The molecule has 2 amide bonds. The van der Waals surface area contributed by atoms with Crippen molar-refractivity contribution in [3.8, 4) is 0 Å². The van der Waals surface area contributed by atoms with Gasteiger partial charge in [0.2, 0.25) is 11.8 Å². The minimum atomic E-state index is -0.969. The van der Waals surface area contributed by atoms with Crippen LogP contribution < -0.4 is 11.1 Å². The van der Waals surface area contributed by atoms with Crippen molar-refractivity contribution in [1.82, 2.24) is 10.2 Å². The van der Waals surface area contributed by atoms with Crippen molar-refractivity contribution < 1.29 is 14.3 Å². The van der Waals surface area contributed by atoms with Gasteiger partial charge < -0.3 is 20.7 Å². The van der Waals surface area contributed by atoms with Crippen LogP contribution in [0.2, 0.25) is 0 Å². The number of nitrogens with two attached hydrogens (primary N) is 1. The lowest BCUT2D eigenvalue weighted by Crippen LogP contribution is -2.61. The van der Waals surface area contributed by atoms with Gasteiger partial charge in [0.05, 0.1) is 18.8 Å². The summed E-state index contributed by atoms with van der Waals surface area (Å²) < 4.78 is 5.20. The lowest BCUT2D eigenvalue weighted by molar-refractivity contribution is -0.151. The van der Waals surface area contributed by atoms with E-state index in [1.54, 1.807) is 13.8 Å². The number of morpholine rings is 1. The molecule has 92 valence electrons. The van der Waals surface area contributed by atoms with E-state index < -0.39 is 11.6 Å². The lowest BCUT2D eigenvalue weighted by atomic mass is 10.0. The molecule has 16 heavy (non-hydrogen) atoms. The van der Waals surface area contributed by atoms with Gasteiger partial charge in [0, 0.05) is 13.6 Å². The first-order chi connectivity index (χ1) is 7.38. The second-order valence-corrected chi connectivity index (χ2v) is 4.43. The number of likely N-dealkylation sites (N-methyl/N-ethyl adjacent to an activating group) is 1. The van der Waals surface area contributed by atoms with Crippen molar-refractivity contribution in [2.75, 3.05) is 26.8 Å². The van der Waals surface area contributed by atoms with Gasteiger partial charge >= 0.3 is 0 Å². The summed E-state index contributed by atoms with van der Waals surface area (Å²) in [6, 6.07) is -0.575. The third-order valence-electron chi connectivity index (χ3n) is 2.49. The SMILES string of the molecule is CNC(=O)C1COCCN1C(=O)C(C)(C)N. The number of amides is 2. The molecule has 0 bridgehead atoms. The highest BCUT2D eigenvalue weighted by molar-refractivity contribution is 5.91. The highest BCUT2D eigenvalue weighted by Crippen LogP contribution is 2.12. The van der Waals surface area contributed by atoms with Gasteiger partial charge in [-0.05, 0) is 13.8 Å². The first kappa shape index (κ1) is 12.9. The van der Waals surface area contributed by atoms with Crippen LogP contribution in [0.4, 0.5) is 0 Å². The maximum absolute atomic E-state index is 12.0. The standard InChI is InChI=1S/C10H19N3O3/c1-10(2,11)9(15)13-4-5-16-6-7(13)8(14)12-3/h7H,4-6,11H2,1-3H3,(H,12,14). The van der Waals surface area contributed by atoms with Gasteiger partial charge in [-0.15, -0.1) is 0 Å². The molecular weight excluding hydrogens is 210 g/mol. The topological polar surface area (TPSA) is 84.7 Å². The summed E-state index contributed by atoms with van der Waals surface area (Å²) in [6.07, 6.45) is 0. The van der Waals surface area contributed by atoms with Crippen LogP contribution in [-0.4, -0.2) is 55.1 Å². The van der Waals surface area contributed by atoms with Crippen LogP contribution in [0.25, 0.3) is 0 Å². The third kappa shape index (κ3) is 2.70. The van der Waals surface area contributed by atoms with Crippen molar-refractivity contribution in [3.05, 3.63) is 0 Å². The first-order valence-corrected chi connectivity index (χ1v) is 5.27. The van der Waals surface area contributed by atoms with Crippen LogP contribution >= 0.6 is 0 Å². The highest BCUT2D eigenvalue weighted by atomic mass is 16.5. The number of ether oxygens (including phenoxy) is 1. The molecule has 0 radical (unpaired) electrons. The summed E-state index contributed by atoms with van der Waals surface area (Å²) in [5.74, 6) is -0.457. The smallest absolute Gasteiger partial charge is 0.244 e. The fourth-order valence-electron chi connectivity index (χ4n) is 1.60. The quantitative estimate of drug-likeness (QED) is 0.616. The number of nitrogens with zero attached hydrogens (tertiary/aromatic N) is 1. The van der Waals surface area contributed by atoms with Crippen LogP contribution in [0, 0.1) is 0 Å². The van der Waals surface area contributed by atoms with Gasteiger partial charge in [0.25, 0.3) is 0 Å². The molecule has 6 heteroatoms. The van der Waals surface area contributed by atoms with E-state index in [1.807, 2.05) is 0 Å². The normalized spacial score (nSPS) is 21.8. The van der Waals surface area contributed by atoms with Crippen LogP contribution in [0.5, 0.6) is 0 Å². The number of hydrogen-bond acceptors (Lipinski definition) is 4. The maximum Gasteiger partial charge on any atom is 0.244 e. The summed E-state index contributed by atoms with van der Waals surface area (Å²) in [5.41, 5.74) is 4.78. The van der Waals surface area contributed by atoms with E-state index in [4.69, 9.17) is 10.5 Å². The Morgan fingerprint density at radius 1 is 1.50 bits per heavy atom. The molecule has 1 rings (SSSR count). The van der Waals surface area contributed by atoms with E-state index in [0.29, 0.717) is 13.2 Å². The summed E-state index contributed by atoms with van der Waals surface area (Å²) >= 11 is 0. The molecule has 1 saturated heterocycles. The fraction of sp³-hybridized carbons (Fsp3) is 0.800.